The Morgan fingerprint density at radius 1 is 1.05 bits per heavy atom. The van der Waals surface area contributed by atoms with E-state index < -0.39 is 0 Å². The number of nitrogens with zero attached hydrogens (tertiary/aromatic N) is 1. The molecule has 2 amide bonds. The van der Waals surface area contributed by atoms with Crippen LogP contribution in [0.5, 0.6) is 0 Å². The molecule has 5 heteroatoms. The third-order valence-electron chi connectivity index (χ3n) is 2.78. The Morgan fingerprint density at radius 3 is 2.48 bits per heavy atom. The molecule has 1 heterocycles. The number of rotatable bonds is 5. The van der Waals surface area contributed by atoms with Crippen molar-refractivity contribution in [3.63, 3.8) is 0 Å². The van der Waals surface area contributed by atoms with Crippen LogP contribution in [0, 0.1) is 0 Å². The molecule has 2 rings (SSSR count). The van der Waals surface area contributed by atoms with Gasteiger partial charge in [0.2, 0.25) is 5.91 Å². The van der Waals surface area contributed by atoms with Gasteiger partial charge in [-0.25, -0.2) is 0 Å². The number of carbonyl (C=O) groups excluding carboxylic acids is 2. The first kappa shape index (κ1) is 14.7. The summed E-state index contributed by atoms with van der Waals surface area (Å²) in [6.45, 7) is 1.95. The summed E-state index contributed by atoms with van der Waals surface area (Å²) in [6.07, 6.45) is 2.84. The summed E-state index contributed by atoms with van der Waals surface area (Å²) in [4.78, 5) is 27.5. The van der Waals surface area contributed by atoms with E-state index in [4.69, 9.17) is 0 Å². The molecule has 0 bridgehead atoms. The molecule has 0 radical (unpaired) electrons. The van der Waals surface area contributed by atoms with Crippen molar-refractivity contribution < 1.29 is 9.59 Å². The zero-order valence-corrected chi connectivity index (χ0v) is 11.8. The summed E-state index contributed by atoms with van der Waals surface area (Å²) in [6, 6.07) is 12.2. The minimum absolute atomic E-state index is 0.0364. The maximum absolute atomic E-state index is 12.0. The lowest BCUT2D eigenvalue weighted by atomic mass is 10.2. The first-order chi connectivity index (χ1) is 10.2. The van der Waals surface area contributed by atoms with Crippen LogP contribution in [0.15, 0.2) is 48.7 Å². The van der Waals surface area contributed by atoms with Crippen LogP contribution in [0.2, 0.25) is 0 Å². The van der Waals surface area contributed by atoms with Crippen molar-refractivity contribution in [2.45, 2.75) is 19.8 Å². The molecule has 0 aliphatic rings. The van der Waals surface area contributed by atoms with Gasteiger partial charge in [0, 0.05) is 24.0 Å². The van der Waals surface area contributed by atoms with Crippen LogP contribution in [0.4, 0.5) is 11.4 Å². The number of nitrogens with one attached hydrogen (secondary N) is 2. The normalized spacial score (nSPS) is 9.95. The quantitative estimate of drug-likeness (QED) is 0.885. The van der Waals surface area contributed by atoms with Gasteiger partial charge in [0.25, 0.3) is 5.91 Å². The van der Waals surface area contributed by atoms with E-state index in [1.165, 1.54) is 0 Å². The molecule has 0 unspecified atom stereocenters. The molecule has 5 nitrogen and oxygen atoms in total. The molecule has 1 aromatic carbocycles. The van der Waals surface area contributed by atoms with Crippen LogP contribution in [-0.2, 0) is 4.79 Å². The number of hydrogen-bond acceptors (Lipinski definition) is 3. The molecule has 0 atom stereocenters. The average molecular weight is 283 g/mol. The summed E-state index contributed by atoms with van der Waals surface area (Å²) < 4.78 is 0. The average Bonchev–Trinajstić information content (AvgIpc) is 2.48. The molecule has 0 spiro atoms. The van der Waals surface area contributed by atoms with Gasteiger partial charge >= 0.3 is 0 Å². The number of aromatic nitrogens is 1. The second-order valence-electron chi connectivity index (χ2n) is 4.55. The predicted octanol–water partition coefficient (Wildman–Crippen LogP) is 3.07. The van der Waals surface area contributed by atoms with Crippen LogP contribution in [0.25, 0.3) is 0 Å². The van der Waals surface area contributed by atoms with Gasteiger partial charge in [0.05, 0.1) is 0 Å². The Morgan fingerprint density at radius 2 is 1.81 bits per heavy atom. The van der Waals surface area contributed by atoms with Crippen molar-refractivity contribution in [3.05, 3.63) is 54.4 Å². The second-order valence-corrected chi connectivity index (χ2v) is 4.55. The fourth-order valence-corrected chi connectivity index (χ4v) is 1.82. The number of benzene rings is 1. The van der Waals surface area contributed by atoms with Gasteiger partial charge < -0.3 is 10.6 Å². The lowest BCUT2D eigenvalue weighted by Gasteiger charge is -2.08. The zero-order valence-electron chi connectivity index (χ0n) is 11.8. The van der Waals surface area contributed by atoms with Gasteiger partial charge in [0.1, 0.15) is 5.69 Å². The number of amides is 2. The fourth-order valence-electron chi connectivity index (χ4n) is 1.82. The van der Waals surface area contributed by atoms with Crippen molar-refractivity contribution in [2.75, 3.05) is 10.6 Å². The summed E-state index contributed by atoms with van der Waals surface area (Å²) in [5, 5.41) is 5.54. The standard InChI is InChI=1S/C16H17N3O2/c1-2-6-15(20)18-12-7-5-8-13(11-12)19-16(21)14-9-3-4-10-17-14/h3-5,7-11H,2,6H2,1H3,(H,18,20)(H,19,21). The topological polar surface area (TPSA) is 71.1 Å². The van der Waals surface area contributed by atoms with Crippen molar-refractivity contribution in [1.29, 1.82) is 0 Å². The van der Waals surface area contributed by atoms with Gasteiger partial charge in [-0.2, -0.15) is 0 Å². The van der Waals surface area contributed by atoms with Gasteiger partial charge in [-0.3, -0.25) is 14.6 Å². The molecular weight excluding hydrogens is 266 g/mol. The SMILES string of the molecule is CCCC(=O)Nc1cccc(NC(=O)c2ccccn2)c1. The first-order valence-corrected chi connectivity index (χ1v) is 6.81. The van der Waals surface area contributed by atoms with Gasteiger partial charge in [-0.1, -0.05) is 19.1 Å². The monoisotopic (exact) mass is 283 g/mol. The van der Waals surface area contributed by atoms with Crippen LogP contribution in [0.1, 0.15) is 30.3 Å². The summed E-state index contributed by atoms with van der Waals surface area (Å²) >= 11 is 0. The fraction of sp³-hybridized carbons (Fsp3) is 0.188. The maximum atomic E-state index is 12.0. The number of anilines is 2. The van der Waals surface area contributed by atoms with E-state index in [0.717, 1.165) is 6.42 Å². The Labute approximate surface area is 123 Å². The Bertz CT molecular complexity index is 626. The first-order valence-electron chi connectivity index (χ1n) is 6.81. The largest absolute Gasteiger partial charge is 0.326 e. The van der Waals surface area contributed by atoms with Gasteiger partial charge in [0.15, 0.2) is 0 Å². The van der Waals surface area contributed by atoms with Crippen molar-refractivity contribution in [2.24, 2.45) is 0 Å². The van der Waals surface area contributed by atoms with E-state index in [0.29, 0.717) is 23.5 Å². The van der Waals surface area contributed by atoms with Crippen molar-refractivity contribution >= 4 is 23.2 Å². The molecule has 0 saturated carbocycles. The van der Waals surface area contributed by atoms with E-state index in [1.807, 2.05) is 6.92 Å². The van der Waals surface area contributed by atoms with E-state index in [2.05, 4.69) is 15.6 Å². The highest BCUT2D eigenvalue weighted by Gasteiger charge is 2.07. The molecule has 21 heavy (non-hydrogen) atoms. The van der Waals surface area contributed by atoms with Gasteiger partial charge in [-0.15, -0.1) is 0 Å². The van der Waals surface area contributed by atoms with E-state index in [-0.39, 0.29) is 11.8 Å². The lowest BCUT2D eigenvalue weighted by molar-refractivity contribution is -0.116. The third kappa shape index (κ3) is 4.42. The van der Waals surface area contributed by atoms with Crippen LogP contribution >= 0.6 is 0 Å². The maximum Gasteiger partial charge on any atom is 0.274 e. The lowest BCUT2D eigenvalue weighted by Crippen LogP contribution is -2.14. The van der Waals surface area contributed by atoms with E-state index >= 15 is 0 Å². The van der Waals surface area contributed by atoms with Crippen molar-refractivity contribution in [3.8, 4) is 0 Å². The Hall–Kier alpha value is -2.69. The highest BCUT2D eigenvalue weighted by molar-refractivity contribution is 6.03. The molecule has 0 aliphatic heterocycles. The molecule has 0 saturated heterocycles. The van der Waals surface area contributed by atoms with Crippen molar-refractivity contribution in [1.82, 2.24) is 4.98 Å². The van der Waals surface area contributed by atoms with Crippen LogP contribution in [-0.4, -0.2) is 16.8 Å². The molecular formula is C16H17N3O2. The molecule has 1 aromatic heterocycles. The van der Waals surface area contributed by atoms with Gasteiger partial charge in [-0.05, 0) is 36.8 Å². The van der Waals surface area contributed by atoms with Crippen LogP contribution in [0.3, 0.4) is 0 Å². The zero-order chi connectivity index (χ0) is 15.1. The third-order valence-corrected chi connectivity index (χ3v) is 2.78. The Kier molecular flexibility index (Phi) is 5.04. The number of hydrogen-bond donors (Lipinski definition) is 2. The summed E-state index contributed by atoms with van der Waals surface area (Å²) in [5.74, 6) is -0.321. The van der Waals surface area contributed by atoms with Crippen LogP contribution < -0.4 is 10.6 Å². The highest BCUT2D eigenvalue weighted by atomic mass is 16.2. The van der Waals surface area contributed by atoms with E-state index in [1.54, 1.807) is 48.7 Å². The summed E-state index contributed by atoms with van der Waals surface area (Å²) in [7, 11) is 0. The Balaban J connectivity index is 2.04. The predicted molar refractivity (Wildman–Crippen MR) is 82.2 cm³/mol. The summed E-state index contributed by atoms with van der Waals surface area (Å²) in [5.41, 5.74) is 1.62. The molecule has 0 fully saturated rings. The molecule has 108 valence electrons. The smallest absolute Gasteiger partial charge is 0.274 e. The minimum atomic E-state index is -0.285. The van der Waals surface area contributed by atoms with E-state index in [9.17, 15) is 9.59 Å². The molecule has 2 aromatic rings. The highest BCUT2D eigenvalue weighted by Crippen LogP contribution is 2.16. The number of carbonyl (C=O) groups is 2. The molecule has 0 aliphatic carbocycles. The molecule has 2 N–H and O–H groups in total. The minimum Gasteiger partial charge on any atom is -0.326 e. The second kappa shape index (κ2) is 7.19. The number of pyridine rings is 1.